The van der Waals surface area contributed by atoms with E-state index in [-0.39, 0.29) is 18.7 Å². The monoisotopic (exact) mass is 391 g/mol. The first-order valence-corrected chi connectivity index (χ1v) is 10.1. The molecule has 0 radical (unpaired) electrons. The molecule has 0 saturated heterocycles. The van der Waals surface area contributed by atoms with Crippen molar-refractivity contribution in [2.75, 3.05) is 25.3 Å². The van der Waals surface area contributed by atoms with Gasteiger partial charge in [0.05, 0.1) is 12.7 Å². The Kier molecular flexibility index (Phi) is 5.41. The minimum absolute atomic E-state index is 0.127. The number of nitrogens with zero attached hydrogens (tertiary/aromatic N) is 1. The Labute approximate surface area is 171 Å². The predicted octanol–water partition coefficient (Wildman–Crippen LogP) is 3.02. The van der Waals surface area contributed by atoms with E-state index in [0.29, 0.717) is 6.54 Å². The van der Waals surface area contributed by atoms with E-state index in [1.807, 2.05) is 61.2 Å². The van der Waals surface area contributed by atoms with Crippen molar-refractivity contribution in [1.29, 1.82) is 0 Å². The molecule has 150 valence electrons. The van der Waals surface area contributed by atoms with Gasteiger partial charge in [0.1, 0.15) is 6.54 Å². The maximum Gasteiger partial charge on any atom is 0.284 e. The minimum atomic E-state index is -0.181. The van der Waals surface area contributed by atoms with Crippen molar-refractivity contribution in [3.63, 3.8) is 0 Å². The van der Waals surface area contributed by atoms with Crippen molar-refractivity contribution in [2.24, 2.45) is 0 Å². The topological polar surface area (TPSA) is 43.2 Å². The Morgan fingerprint density at radius 1 is 1.07 bits per heavy atom. The molecule has 0 bridgehead atoms. The third kappa shape index (κ3) is 3.78. The van der Waals surface area contributed by atoms with Crippen LogP contribution in [0.4, 0.5) is 5.69 Å². The van der Waals surface area contributed by atoms with Crippen LogP contribution in [-0.4, -0.2) is 32.3 Å². The molecule has 1 heterocycles. The maximum atomic E-state index is 13.4. The van der Waals surface area contributed by atoms with Crippen LogP contribution in [0.15, 0.2) is 60.7 Å². The van der Waals surface area contributed by atoms with Crippen LogP contribution in [0.3, 0.4) is 0 Å². The molecule has 29 heavy (non-hydrogen) atoms. The number of ether oxygens (including phenoxy) is 2. The van der Waals surface area contributed by atoms with Crippen LogP contribution in [0.25, 0.3) is 10.8 Å². The lowest BCUT2D eigenvalue weighted by atomic mass is 10.1. The summed E-state index contributed by atoms with van der Waals surface area (Å²) >= 11 is 0. The highest BCUT2D eigenvalue weighted by Crippen LogP contribution is 2.32. The van der Waals surface area contributed by atoms with Crippen LogP contribution in [0.1, 0.15) is 19.4 Å². The molecule has 1 unspecified atom stereocenters. The fourth-order valence-electron chi connectivity index (χ4n) is 3.86. The average molecular weight is 391 g/mol. The number of carbonyl (C=O) groups is 1. The van der Waals surface area contributed by atoms with E-state index in [1.54, 1.807) is 0 Å². The largest absolute Gasteiger partial charge is 0.454 e. The number of hydrogen-bond acceptors (Lipinski definition) is 3. The van der Waals surface area contributed by atoms with Gasteiger partial charge in [0, 0.05) is 17.5 Å². The Hall–Kier alpha value is -3.05. The van der Waals surface area contributed by atoms with Gasteiger partial charge in [-0.2, -0.15) is 0 Å². The summed E-state index contributed by atoms with van der Waals surface area (Å²) in [6, 6.07) is 20.1. The van der Waals surface area contributed by atoms with Gasteiger partial charge in [-0.3, -0.25) is 4.79 Å². The summed E-state index contributed by atoms with van der Waals surface area (Å²) < 4.78 is 10.9. The van der Waals surface area contributed by atoms with Gasteiger partial charge in [0.15, 0.2) is 17.5 Å². The van der Waals surface area contributed by atoms with E-state index in [4.69, 9.17) is 9.47 Å². The third-order valence-electron chi connectivity index (χ3n) is 5.67. The number of benzene rings is 3. The zero-order valence-electron chi connectivity index (χ0n) is 17.1. The molecule has 1 aliphatic rings. The number of carbonyl (C=O) groups excluding carboxylic acids is 1. The highest BCUT2D eigenvalue weighted by molar-refractivity contribution is 6.04. The molecule has 4 rings (SSSR count). The number of quaternary nitrogens is 1. The van der Waals surface area contributed by atoms with Crippen molar-refractivity contribution in [1.82, 2.24) is 0 Å². The Balaban J connectivity index is 1.53. The molecule has 1 amide bonds. The molecule has 0 spiro atoms. The molecule has 5 heteroatoms. The molecular weight excluding hydrogens is 364 g/mol. The van der Waals surface area contributed by atoms with Crippen molar-refractivity contribution in [3.05, 3.63) is 66.2 Å². The first-order chi connectivity index (χ1) is 14.1. The fraction of sp³-hybridized carbons (Fsp3) is 0.292. The van der Waals surface area contributed by atoms with Crippen molar-refractivity contribution < 1.29 is 19.2 Å². The molecule has 1 N–H and O–H groups in total. The van der Waals surface area contributed by atoms with Gasteiger partial charge in [-0.05, 0) is 43.5 Å². The van der Waals surface area contributed by atoms with Gasteiger partial charge < -0.3 is 19.3 Å². The second kappa shape index (κ2) is 8.13. The van der Waals surface area contributed by atoms with Gasteiger partial charge in [0.25, 0.3) is 5.91 Å². The summed E-state index contributed by atoms with van der Waals surface area (Å²) in [5.41, 5.74) is 2.10. The van der Waals surface area contributed by atoms with Crippen LogP contribution in [0.2, 0.25) is 0 Å². The number of amides is 1. The Morgan fingerprint density at radius 2 is 1.83 bits per heavy atom. The first kappa shape index (κ1) is 19.3. The van der Waals surface area contributed by atoms with Crippen molar-refractivity contribution in [2.45, 2.75) is 26.4 Å². The number of rotatable bonds is 6. The number of anilines is 1. The van der Waals surface area contributed by atoms with Crippen LogP contribution in [0, 0.1) is 0 Å². The molecule has 0 saturated carbocycles. The predicted molar refractivity (Wildman–Crippen MR) is 115 cm³/mol. The standard InChI is InChI=1S/C24H26N2O3/c1-4-26(21-11-7-9-19-8-5-6-10-20(19)21)24(27)17(2)25(3)15-18-12-13-22-23(14-18)29-16-28-22/h5-14,17H,4,15-16H2,1-3H3/p+1/t17-/m0/s1. The fourth-order valence-corrected chi connectivity index (χ4v) is 3.86. The van der Waals surface area contributed by atoms with Gasteiger partial charge in [-0.15, -0.1) is 0 Å². The van der Waals surface area contributed by atoms with E-state index < -0.39 is 0 Å². The van der Waals surface area contributed by atoms with Crippen molar-refractivity contribution in [3.8, 4) is 11.5 Å². The molecule has 0 aliphatic carbocycles. The molecule has 3 aromatic rings. The lowest BCUT2D eigenvalue weighted by Gasteiger charge is -2.28. The molecule has 1 aliphatic heterocycles. The van der Waals surface area contributed by atoms with Crippen molar-refractivity contribution >= 4 is 22.4 Å². The van der Waals surface area contributed by atoms with Gasteiger partial charge in [0.2, 0.25) is 6.79 Å². The Morgan fingerprint density at radius 3 is 2.66 bits per heavy atom. The Bertz CT molecular complexity index is 1030. The average Bonchev–Trinajstić information content (AvgIpc) is 3.21. The molecule has 5 nitrogen and oxygen atoms in total. The third-order valence-corrected chi connectivity index (χ3v) is 5.67. The highest BCUT2D eigenvalue weighted by atomic mass is 16.7. The number of likely N-dealkylation sites (N-methyl/N-ethyl adjacent to an activating group) is 2. The normalized spacial score (nSPS) is 14.6. The maximum absolute atomic E-state index is 13.4. The minimum Gasteiger partial charge on any atom is -0.454 e. The smallest absolute Gasteiger partial charge is 0.284 e. The SMILES string of the molecule is CCN(C(=O)[C@H](C)[NH+](C)Cc1ccc2c(c1)OCO2)c1cccc2ccccc12. The number of hydrogen-bond donors (Lipinski definition) is 1. The second-order valence-electron chi connectivity index (χ2n) is 7.51. The van der Waals surface area contributed by atoms with Crippen LogP contribution in [-0.2, 0) is 11.3 Å². The molecule has 0 aromatic heterocycles. The highest BCUT2D eigenvalue weighted by Gasteiger charge is 2.28. The summed E-state index contributed by atoms with van der Waals surface area (Å²) in [6.45, 7) is 5.66. The zero-order valence-corrected chi connectivity index (χ0v) is 17.1. The lowest BCUT2D eigenvalue weighted by molar-refractivity contribution is -0.908. The second-order valence-corrected chi connectivity index (χ2v) is 7.51. The first-order valence-electron chi connectivity index (χ1n) is 10.1. The van der Waals surface area contributed by atoms with Gasteiger partial charge in [-0.1, -0.05) is 36.4 Å². The van der Waals surface area contributed by atoms with E-state index in [2.05, 4.69) is 25.2 Å². The lowest BCUT2D eigenvalue weighted by Crippen LogP contribution is -3.12. The summed E-state index contributed by atoms with van der Waals surface area (Å²) in [4.78, 5) is 16.4. The van der Waals surface area contributed by atoms with Crippen LogP contribution < -0.4 is 19.3 Å². The van der Waals surface area contributed by atoms with E-state index in [1.165, 1.54) is 0 Å². The summed E-state index contributed by atoms with van der Waals surface area (Å²) in [5.74, 6) is 1.69. The molecule has 3 aromatic carbocycles. The van der Waals surface area contributed by atoms with E-state index in [0.717, 1.165) is 45.0 Å². The van der Waals surface area contributed by atoms with E-state index in [9.17, 15) is 4.79 Å². The van der Waals surface area contributed by atoms with Crippen LogP contribution >= 0.6 is 0 Å². The molecule has 2 atom stereocenters. The zero-order chi connectivity index (χ0) is 20.4. The van der Waals surface area contributed by atoms with E-state index >= 15 is 0 Å². The summed E-state index contributed by atoms with van der Waals surface area (Å²) in [5, 5.41) is 2.25. The van der Waals surface area contributed by atoms with Gasteiger partial charge >= 0.3 is 0 Å². The summed E-state index contributed by atoms with van der Waals surface area (Å²) in [7, 11) is 2.06. The number of fused-ring (bicyclic) bond motifs is 2. The van der Waals surface area contributed by atoms with Gasteiger partial charge in [-0.25, -0.2) is 0 Å². The molecular formula is C24H27N2O3+. The number of nitrogens with one attached hydrogen (secondary N) is 1. The quantitative estimate of drug-likeness (QED) is 0.702. The van der Waals surface area contributed by atoms with Crippen LogP contribution in [0.5, 0.6) is 11.5 Å². The summed E-state index contributed by atoms with van der Waals surface area (Å²) in [6.07, 6.45) is 0. The molecule has 0 fully saturated rings.